The second-order valence-electron chi connectivity index (χ2n) is 5.87. The van der Waals surface area contributed by atoms with Crippen LogP contribution in [0.25, 0.3) is 5.69 Å². The largest absolute Gasteiger partial charge is 0.497 e. The second kappa shape index (κ2) is 9.23. The fourth-order valence-electron chi connectivity index (χ4n) is 2.66. The number of carbonyl (C=O) groups excluding carboxylic acids is 1. The number of ether oxygens (including phenoxy) is 1. The maximum Gasteiger partial charge on any atom is 0.233 e. The Morgan fingerprint density at radius 2 is 2.00 bits per heavy atom. The number of amides is 1. The number of nitrogens with zero attached hydrogens (tertiary/aromatic N) is 4. The lowest BCUT2D eigenvalue weighted by atomic mass is 10.2. The molecule has 0 bridgehead atoms. The lowest BCUT2D eigenvalue weighted by Gasteiger charge is -2.20. The summed E-state index contributed by atoms with van der Waals surface area (Å²) in [6.45, 7) is 3.26. The Balaban J connectivity index is 1.66. The zero-order valence-corrected chi connectivity index (χ0v) is 16.2. The molecule has 140 valence electrons. The molecule has 3 aromatic rings. The molecule has 1 heterocycles. The van der Waals surface area contributed by atoms with E-state index in [1.807, 2.05) is 71.0 Å². The molecular weight excluding hydrogens is 360 g/mol. The summed E-state index contributed by atoms with van der Waals surface area (Å²) < 4.78 is 7.13. The topological polar surface area (TPSA) is 60.2 Å². The van der Waals surface area contributed by atoms with Gasteiger partial charge in [-0.2, -0.15) is 0 Å². The molecule has 0 radical (unpaired) electrons. The standard InChI is InChI=1S/C20H22N4O2S/c1-3-23(13-16-8-5-4-6-9-16)19(25)14-27-20-22-21-15-24(20)17-10-7-11-18(12-17)26-2/h4-12,15H,3,13-14H2,1-2H3. The van der Waals surface area contributed by atoms with Crippen LogP contribution in [0.15, 0.2) is 66.1 Å². The predicted octanol–water partition coefficient (Wildman–Crippen LogP) is 3.42. The first-order valence-corrected chi connectivity index (χ1v) is 9.68. The minimum absolute atomic E-state index is 0.0755. The van der Waals surface area contributed by atoms with E-state index in [1.165, 1.54) is 11.8 Å². The number of aromatic nitrogens is 3. The van der Waals surface area contributed by atoms with E-state index in [4.69, 9.17) is 4.74 Å². The van der Waals surface area contributed by atoms with E-state index in [-0.39, 0.29) is 5.91 Å². The monoisotopic (exact) mass is 382 g/mol. The molecular formula is C20H22N4O2S. The van der Waals surface area contributed by atoms with Gasteiger partial charge in [0.1, 0.15) is 12.1 Å². The van der Waals surface area contributed by atoms with Crippen molar-refractivity contribution in [2.24, 2.45) is 0 Å². The highest BCUT2D eigenvalue weighted by molar-refractivity contribution is 7.99. The molecule has 3 rings (SSSR count). The highest BCUT2D eigenvalue weighted by Crippen LogP contribution is 2.22. The van der Waals surface area contributed by atoms with E-state index in [0.717, 1.165) is 17.0 Å². The van der Waals surface area contributed by atoms with Crippen molar-refractivity contribution < 1.29 is 9.53 Å². The lowest BCUT2D eigenvalue weighted by Crippen LogP contribution is -2.31. The predicted molar refractivity (Wildman–Crippen MR) is 106 cm³/mol. The Morgan fingerprint density at radius 3 is 2.74 bits per heavy atom. The Kier molecular flexibility index (Phi) is 6.49. The van der Waals surface area contributed by atoms with Crippen LogP contribution >= 0.6 is 11.8 Å². The first-order valence-electron chi connectivity index (χ1n) is 8.70. The molecule has 1 aromatic heterocycles. The molecule has 0 aliphatic rings. The van der Waals surface area contributed by atoms with Crippen LogP contribution in [0.1, 0.15) is 12.5 Å². The number of benzene rings is 2. The van der Waals surface area contributed by atoms with Gasteiger partial charge < -0.3 is 9.64 Å². The molecule has 0 aliphatic heterocycles. The lowest BCUT2D eigenvalue weighted by molar-refractivity contribution is -0.128. The Labute approximate surface area is 163 Å². The first kappa shape index (κ1) is 19.0. The van der Waals surface area contributed by atoms with Crippen molar-refractivity contribution in [3.63, 3.8) is 0 Å². The van der Waals surface area contributed by atoms with Gasteiger partial charge in [0, 0.05) is 19.2 Å². The van der Waals surface area contributed by atoms with Gasteiger partial charge in [-0.05, 0) is 24.6 Å². The number of carbonyl (C=O) groups is 1. The van der Waals surface area contributed by atoms with E-state index in [2.05, 4.69) is 10.2 Å². The third-order valence-corrected chi connectivity index (χ3v) is 5.05. The molecule has 0 spiro atoms. The second-order valence-corrected chi connectivity index (χ2v) is 6.81. The van der Waals surface area contributed by atoms with Crippen LogP contribution in [0.3, 0.4) is 0 Å². The summed E-state index contributed by atoms with van der Waals surface area (Å²) in [5.74, 6) is 1.14. The molecule has 0 atom stereocenters. The van der Waals surface area contributed by atoms with Gasteiger partial charge in [0.2, 0.25) is 5.91 Å². The van der Waals surface area contributed by atoms with Gasteiger partial charge in [-0.3, -0.25) is 9.36 Å². The van der Waals surface area contributed by atoms with Crippen molar-refractivity contribution in [2.75, 3.05) is 19.4 Å². The van der Waals surface area contributed by atoms with Crippen LogP contribution < -0.4 is 4.74 Å². The van der Waals surface area contributed by atoms with Gasteiger partial charge in [-0.25, -0.2) is 0 Å². The van der Waals surface area contributed by atoms with Crippen molar-refractivity contribution in [2.45, 2.75) is 18.6 Å². The van der Waals surface area contributed by atoms with Crippen LogP contribution in [-0.4, -0.2) is 45.0 Å². The molecule has 0 unspecified atom stereocenters. The fraction of sp³-hybridized carbons (Fsp3) is 0.250. The van der Waals surface area contributed by atoms with Crippen LogP contribution in [0.4, 0.5) is 0 Å². The van der Waals surface area contributed by atoms with E-state index in [0.29, 0.717) is 24.0 Å². The third kappa shape index (κ3) is 4.89. The van der Waals surface area contributed by atoms with Crippen molar-refractivity contribution in [1.29, 1.82) is 0 Å². The Bertz CT molecular complexity index is 882. The summed E-state index contributed by atoms with van der Waals surface area (Å²) in [5, 5.41) is 8.82. The van der Waals surface area contributed by atoms with Crippen molar-refractivity contribution in [3.05, 3.63) is 66.5 Å². The zero-order chi connectivity index (χ0) is 19.1. The van der Waals surface area contributed by atoms with E-state index in [9.17, 15) is 4.79 Å². The Morgan fingerprint density at radius 1 is 1.19 bits per heavy atom. The van der Waals surface area contributed by atoms with Crippen molar-refractivity contribution in [3.8, 4) is 11.4 Å². The summed E-state index contributed by atoms with van der Waals surface area (Å²) in [6.07, 6.45) is 1.64. The van der Waals surface area contributed by atoms with Crippen molar-refractivity contribution >= 4 is 17.7 Å². The van der Waals surface area contributed by atoms with Gasteiger partial charge in [-0.1, -0.05) is 48.2 Å². The van der Waals surface area contributed by atoms with E-state index in [1.54, 1.807) is 13.4 Å². The highest BCUT2D eigenvalue weighted by Gasteiger charge is 2.15. The summed E-state index contributed by atoms with van der Waals surface area (Å²) >= 11 is 1.38. The molecule has 2 aromatic carbocycles. The van der Waals surface area contributed by atoms with Crippen molar-refractivity contribution in [1.82, 2.24) is 19.7 Å². The van der Waals surface area contributed by atoms with Gasteiger partial charge in [0.15, 0.2) is 5.16 Å². The quantitative estimate of drug-likeness (QED) is 0.559. The molecule has 0 saturated carbocycles. The Hall–Kier alpha value is -2.80. The van der Waals surface area contributed by atoms with Gasteiger partial charge in [-0.15, -0.1) is 10.2 Å². The molecule has 7 heteroatoms. The van der Waals surface area contributed by atoms with E-state index < -0.39 is 0 Å². The average molecular weight is 382 g/mol. The fourth-order valence-corrected chi connectivity index (χ4v) is 3.49. The van der Waals surface area contributed by atoms with Gasteiger partial charge in [0.25, 0.3) is 0 Å². The summed E-state index contributed by atoms with van der Waals surface area (Å²) in [5.41, 5.74) is 2.02. The molecule has 0 aliphatic carbocycles. The minimum Gasteiger partial charge on any atom is -0.497 e. The van der Waals surface area contributed by atoms with Crippen LogP contribution in [0.5, 0.6) is 5.75 Å². The first-order chi connectivity index (χ1) is 13.2. The third-order valence-electron chi connectivity index (χ3n) is 4.12. The smallest absolute Gasteiger partial charge is 0.233 e. The number of hydrogen-bond acceptors (Lipinski definition) is 5. The SMILES string of the molecule is CCN(Cc1ccccc1)C(=O)CSc1nncn1-c1cccc(OC)c1. The average Bonchev–Trinajstić information content (AvgIpc) is 3.19. The maximum absolute atomic E-state index is 12.6. The normalized spacial score (nSPS) is 10.6. The summed E-state index contributed by atoms with van der Waals surface area (Å²) in [4.78, 5) is 14.5. The van der Waals surface area contributed by atoms with Gasteiger partial charge in [0.05, 0.1) is 18.6 Å². The van der Waals surface area contributed by atoms with Crippen LogP contribution in [-0.2, 0) is 11.3 Å². The molecule has 6 nitrogen and oxygen atoms in total. The highest BCUT2D eigenvalue weighted by atomic mass is 32.2. The maximum atomic E-state index is 12.6. The number of hydrogen-bond donors (Lipinski definition) is 0. The van der Waals surface area contributed by atoms with Gasteiger partial charge >= 0.3 is 0 Å². The summed E-state index contributed by atoms with van der Waals surface area (Å²) in [6, 6.07) is 17.7. The molecule has 0 saturated heterocycles. The van der Waals surface area contributed by atoms with Crippen LogP contribution in [0, 0.1) is 0 Å². The minimum atomic E-state index is 0.0755. The van der Waals surface area contributed by atoms with E-state index >= 15 is 0 Å². The molecule has 1 amide bonds. The number of methoxy groups -OCH3 is 1. The molecule has 0 N–H and O–H groups in total. The summed E-state index contributed by atoms with van der Waals surface area (Å²) in [7, 11) is 1.63. The zero-order valence-electron chi connectivity index (χ0n) is 15.4. The number of thioether (sulfide) groups is 1. The molecule has 0 fully saturated rings. The number of rotatable bonds is 8. The molecule has 27 heavy (non-hydrogen) atoms. The van der Waals surface area contributed by atoms with Crippen LogP contribution in [0.2, 0.25) is 0 Å².